The molecule has 1 aromatic heterocycles. The fourth-order valence-electron chi connectivity index (χ4n) is 3.98. The molecule has 2 aliphatic rings. The SMILES string of the molecule is CC(Nc1ccc(F)cc1)c1ccc2c(n1)CCCN2C(=O)OC1CCCC1. The number of nitrogens with zero attached hydrogens (tertiary/aromatic N) is 2. The van der Waals surface area contributed by atoms with E-state index in [0.29, 0.717) is 6.54 Å². The first-order chi connectivity index (χ1) is 13.6. The van der Waals surface area contributed by atoms with Crippen LogP contribution in [0.5, 0.6) is 0 Å². The number of carbonyl (C=O) groups excluding carboxylic acids is 1. The van der Waals surface area contributed by atoms with Gasteiger partial charge in [0.05, 0.1) is 23.1 Å². The van der Waals surface area contributed by atoms with E-state index in [4.69, 9.17) is 9.72 Å². The van der Waals surface area contributed by atoms with Gasteiger partial charge in [-0.1, -0.05) is 0 Å². The predicted molar refractivity (Wildman–Crippen MR) is 107 cm³/mol. The Morgan fingerprint density at radius 3 is 2.68 bits per heavy atom. The number of hydrogen-bond donors (Lipinski definition) is 1. The third kappa shape index (κ3) is 4.11. The summed E-state index contributed by atoms with van der Waals surface area (Å²) in [5, 5.41) is 3.34. The average Bonchev–Trinajstić information content (AvgIpc) is 3.21. The van der Waals surface area contributed by atoms with E-state index < -0.39 is 0 Å². The summed E-state index contributed by atoms with van der Waals surface area (Å²) in [5.41, 5.74) is 3.52. The number of fused-ring (bicyclic) bond motifs is 1. The lowest BCUT2D eigenvalue weighted by atomic mass is 10.1. The summed E-state index contributed by atoms with van der Waals surface area (Å²) in [5.74, 6) is -0.255. The zero-order valence-corrected chi connectivity index (χ0v) is 16.2. The third-order valence-electron chi connectivity index (χ3n) is 5.52. The van der Waals surface area contributed by atoms with E-state index in [0.717, 1.165) is 61.3 Å². The van der Waals surface area contributed by atoms with Gasteiger partial charge in [-0.3, -0.25) is 9.88 Å². The molecule has 1 aromatic carbocycles. The van der Waals surface area contributed by atoms with Crippen molar-refractivity contribution in [3.63, 3.8) is 0 Å². The number of benzene rings is 1. The van der Waals surface area contributed by atoms with Crippen molar-refractivity contribution in [1.29, 1.82) is 0 Å². The lowest BCUT2D eigenvalue weighted by Crippen LogP contribution is -2.38. The van der Waals surface area contributed by atoms with E-state index in [2.05, 4.69) is 5.32 Å². The maximum absolute atomic E-state index is 13.1. The minimum absolute atomic E-state index is 0.0309. The summed E-state index contributed by atoms with van der Waals surface area (Å²) in [6, 6.07) is 10.2. The van der Waals surface area contributed by atoms with Crippen molar-refractivity contribution in [2.75, 3.05) is 16.8 Å². The molecule has 5 nitrogen and oxygen atoms in total. The standard InChI is InChI=1S/C22H26FN3O2/c1-15(24-17-10-8-16(23)9-11-17)19-12-13-21-20(25-19)7-4-14-26(21)22(27)28-18-5-2-3-6-18/h8-13,15,18,24H,2-7,14H2,1H3. The number of aromatic nitrogens is 1. The summed E-state index contributed by atoms with van der Waals surface area (Å²) in [4.78, 5) is 19.2. The number of rotatable bonds is 4. The van der Waals surface area contributed by atoms with Crippen LogP contribution in [0.3, 0.4) is 0 Å². The normalized spacial score (nSPS) is 17.9. The molecule has 1 unspecified atom stereocenters. The van der Waals surface area contributed by atoms with Crippen molar-refractivity contribution in [2.45, 2.75) is 57.6 Å². The first-order valence-electron chi connectivity index (χ1n) is 10.1. The van der Waals surface area contributed by atoms with Gasteiger partial charge in [0, 0.05) is 12.2 Å². The number of halogens is 1. The Balaban J connectivity index is 1.47. The topological polar surface area (TPSA) is 54.5 Å². The number of amides is 1. The van der Waals surface area contributed by atoms with Crippen LogP contribution < -0.4 is 10.2 Å². The zero-order valence-electron chi connectivity index (χ0n) is 16.2. The molecule has 0 spiro atoms. The van der Waals surface area contributed by atoms with Crippen LogP contribution in [0.15, 0.2) is 36.4 Å². The van der Waals surface area contributed by atoms with E-state index >= 15 is 0 Å². The first kappa shape index (κ1) is 18.7. The van der Waals surface area contributed by atoms with Crippen LogP contribution in [0.25, 0.3) is 0 Å². The van der Waals surface area contributed by atoms with E-state index in [1.165, 1.54) is 12.1 Å². The maximum atomic E-state index is 13.1. The van der Waals surface area contributed by atoms with E-state index in [1.807, 2.05) is 19.1 Å². The molecule has 0 bridgehead atoms. The highest BCUT2D eigenvalue weighted by atomic mass is 19.1. The van der Waals surface area contributed by atoms with Gasteiger partial charge < -0.3 is 10.1 Å². The summed E-state index contributed by atoms with van der Waals surface area (Å²) >= 11 is 0. The molecule has 1 aliphatic heterocycles. The smallest absolute Gasteiger partial charge is 0.414 e. The second-order valence-corrected chi connectivity index (χ2v) is 7.62. The van der Waals surface area contributed by atoms with Gasteiger partial charge in [0.1, 0.15) is 11.9 Å². The highest BCUT2D eigenvalue weighted by molar-refractivity contribution is 5.89. The Bertz CT molecular complexity index is 834. The molecule has 28 heavy (non-hydrogen) atoms. The molecular formula is C22H26FN3O2. The van der Waals surface area contributed by atoms with Crippen LogP contribution in [0.2, 0.25) is 0 Å². The summed E-state index contributed by atoms with van der Waals surface area (Å²) in [7, 11) is 0. The van der Waals surface area contributed by atoms with Crippen LogP contribution in [0, 0.1) is 5.82 Å². The number of nitrogens with one attached hydrogen (secondary N) is 1. The molecule has 2 aromatic rings. The van der Waals surface area contributed by atoms with Crippen LogP contribution in [0.4, 0.5) is 20.6 Å². The first-order valence-corrected chi connectivity index (χ1v) is 10.1. The summed E-state index contributed by atoms with van der Waals surface area (Å²) < 4.78 is 18.8. The van der Waals surface area contributed by atoms with Crippen molar-refractivity contribution in [3.8, 4) is 0 Å². The van der Waals surface area contributed by atoms with Gasteiger partial charge in [-0.25, -0.2) is 9.18 Å². The van der Waals surface area contributed by atoms with Gasteiger partial charge in [0.2, 0.25) is 0 Å². The van der Waals surface area contributed by atoms with Crippen molar-refractivity contribution >= 4 is 17.5 Å². The molecule has 1 fully saturated rings. The molecule has 1 saturated carbocycles. The molecule has 0 radical (unpaired) electrons. The average molecular weight is 383 g/mol. The molecule has 148 valence electrons. The second-order valence-electron chi connectivity index (χ2n) is 7.62. The second kappa shape index (κ2) is 8.17. The minimum atomic E-state index is -0.255. The van der Waals surface area contributed by atoms with Gasteiger partial charge in [-0.2, -0.15) is 0 Å². The van der Waals surface area contributed by atoms with Crippen molar-refractivity contribution in [3.05, 3.63) is 53.6 Å². The monoisotopic (exact) mass is 383 g/mol. The van der Waals surface area contributed by atoms with Crippen LogP contribution >= 0.6 is 0 Å². The Morgan fingerprint density at radius 1 is 1.18 bits per heavy atom. The van der Waals surface area contributed by atoms with Crippen molar-refractivity contribution in [1.82, 2.24) is 4.98 Å². The largest absolute Gasteiger partial charge is 0.446 e. The van der Waals surface area contributed by atoms with Gasteiger partial charge in [-0.05, 0) is 81.8 Å². The summed E-state index contributed by atoms with van der Waals surface area (Å²) in [6.45, 7) is 2.69. The fraction of sp³-hybridized carbons (Fsp3) is 0.455. The van der Waals surface area contributed by atoms with Gasteiger partial charge >= 0.3 is 6.09 Å². The van der Waals surface area contributed by atoms with E-state index in [-0.39, 0.29) is 24.1 Å². The van der Waals surface area contributed by atoms with Crippen LogP contribution in [0.1, 0.15) is 56.5 Å². The Hall–Kier alpha value is -2.63. The molecule has 1 amide bonds. The fourth-order valence-corrected chi connectivity index (χ4v) is 3.98. The van der Waals surface area contributed by atoms with Crippen molar-refractivity contribution < 1.29 is 13.9 Å². The van der Waals surface area contributed by atoms with Gasteiger partial charge in [-0.15, -0.1) is 0 Å². The highest BCUT2D eigenvalue weighted by Crippen LogP contribution is 2.30. The molecule has 1 aliphatic carbocycles. The number of ether oxygens (including phenoxy) is 1. The molecule has 1 atom stereocenters. The maximum Gasteiger partial charge on any atom is 0.414 e. The van der Waals surface area contributed by atoms with Crippen molar-refractivity contribution in [2.24, 2.45) is 0 Å². The van der Waals surface area contributed by atoms with Gasteiger partial charge in [0.15, 0.2) is 0 Å². The Morgan fingerprint density at radius 2 is 1.93 bits per heavy atom. The molecule has 6 heteroatoms. The zero-order chi connectivity index (χ0) is 19.5. The van der Waals surface area contributed by atoms with E-state index in [1.54, 1.807) is 17.0 Å². The minimum Gasteiger partial charge on any atom is -0.446 e. The van der Waals surface area contributed by atoms with Gasteiger partial charge in [0.25, 0.3) is 0 Å². The number of anilines is 2. The molecule has 0 saturated heterocycles. The highest BCUT2D eigenvalue weighted by Gasteiger charge is 2.28. The third-order valence-corrected chi connectivity index (χ3v) is 5.52. The predicted octanol–water partition coefficient (Wildman–Crippen LogP) is 5.23. The summed E-state index contributed by atoms with van der Waals surface area (Å²) in [6.07, 6.45) is 5.75. The molecule has 2 heterocycles. The number of aryl methyl sites for hydroxylation is 1. The molecule has 1 N–H and O–H groups in total. The number of pyridine rings is 1. The number of hydrogen-bond acceptors (Lipinski definition) is 4. The van der Waals surface area contributed by atoms with Crippen LogP contribution in [-0.4, -0.2) is 23.7 Å². The molecular weight excluding hydrogens is 357 g/mol. The van der Waals surface area contributed by atoms with Crippen LogP contribution in [-0.2, 0) is 11.2 Å². The lowest BCUT2D eigenvalue weighted by molar-refractivity contribution is 0.107. The van der Waals surface area contributed by atoms with E-state index in [9.17, 15) is 9.18 Å². The lowest BCUT2D eigenvalue weighted by Gasteiger charge is -2.30. The Labute approximate surface area is 164 Å². The quantitative estimate of drug-likeness (QED) is 0.786. The molecule has 4 rings (SSSR count). The number of carbonyl (C=O) groups is 1. The Kier molecular flexibility index (Phi) is 5.46.